The molecule has 1 aliphatic rings. The maximum absolute atomic E-state index is 15.1. The molecule has 1 fully saturated rings. The Hall–Kier alpha value is -3.62. The van der Waals surface area contributed by atoms with Gasteiger partial charge < -0.3 is 19.2 Å². The number of halogens is 3. The van der Waals surface area contributed by atoms with Crippen LogP contribution >= 0.6 is 11.6 Å². The number of carbonyl (C=O) groups is 1. The maximum atomic E-state index is 15.1. The van der Waals surface area contributed by atoms with Crippen LogP contribution in [0.4, 0.5) is 13.6 Å². The Kier molecular flexibility index (Phi) is 8.71. The molecule has 15 heteroatoms. The Morgan fingerprint density at radius 1 is 1.27 bits per heavy atom. The molecule has 11 nitrogen and oxygen atoms in total. The molecule has 1 unspecified atom stereocenters. The predicted molar refractivity (Wildman–Crippen MR) is 163 cm³/mol. The van der Waals surface area contributed by atoms with E-state index in [1.165, 1.54) is 16.9 Å². The fourth-order valence-corrected chi connectivity index (χ4v) is 6.17. The minimum Gasteiger partial charge on any atom is -0.479 e. The summed E-state index contributed by atoms with van der Waals surface area (Å²) in [5.74, 6) is -0.101. The second kappa shape index (κ2) is 12.0. The monoisotopic (exact) mass is 647 g/mol. The third kappa shape index (κ3) is 6.28. The number of carboxylic acid groups (broad SMARTS) is 1. The van der Waals surface area contributed by atoms with Gasteiger partial charge in [0.25, 0.3) is 0 Å². The first-order valence-electron chi connectivity index (χ1n) is 14.3. The molecule has 0 aromatic carbocycles. The number of nitrogens with zero attached hydrogens (tertiary/aromatic N) is 7. The Morgan fingerprint density at radius 2 is 2.02 bits per heavy atom. The number of alkyl halides is 1. The summed E-state index contributed by atoms with van der Waals surface area (Å²) in [5, 5.41) is 22.5. The maximum Gasteiger partial charge on any atom is 0.407 e. The molecule has 1 N–H and O–H groups in total. The van der Waals surface area contributed by atoms with Crippen molar-refractivity contribution >= 4 is 31.5 Å². The van der Waals surface area contributed by atoms with E-state index >= 15 is 4.39 Å². The molecule has 5 rings (SSSR count). The van der Waals surface area contributed by atoms with Crippen LogP contribution in [0.1, 0.15) is 50.7 Å². The third-order valence-corrected chi connectivity index (χ3v) is 13.4. The molecule has 236 valence electrons. The zero-order valence-corrected chi connectivity index (χ0v) is 27.2. The van der Waals surface area contributed by atoms with Crippen molar-refractivity contribution in [1.29, 1.82) is 0 Å². The minimum atomic E-state index is -2.19. The summed E-state index contributed by atoms with van der Waals surface area (Å²) < 4.78 is 45.0. The summed E-state index contributed by atoms with van der Waals surface area (Å²) in [6.45, 7) is 12.6. The molecular weight excluding hydrogens is 612 g/mol. The standard InChI is InChI=1S/C29H36ClF2N7O4Si/c1-17-26(35-36-39(17)23-9-10-37(28(40)41)15-21(23)32)18-11-24(27-20(30)13-34-38(27)14-18)43-25(22-8-7-19(31)12-33-22)16-42-44(5,6)29(2,3)4/h7-8,11-14,21,23,25H,9-10,15-16H2,1-6H3,(H,40,41)/t21-,23-,25?/m1/s1. The van der Waals surface area contributed by atoms with Crippen molar-refractivity contribution in [3.8, 4) is 17.0 Å². The third-order valence-electron chi connectivity index (χ3n) is 8.58. The van der Waals surface area contributed by atoms with Crippen molar-refractivity contribution in [3.05, 3.63) is 59.0 Å². The molecule has 0 radical (unpaired) electrons. The van der Waals surface area contributed by atoms with E-state index in [2.05, 4.69) is 54.3 Å². The molecule has 4 aromatic heterocycles. The van der Waals surface area contributed by atoms with Gasteiger partial charge in [0.05, 0.1) is 48.0 Å². The number of hydrogen-bond donors (Lipinski definition) is 1. The predicted octanol–water partition coefficient (Wildman–Crippen LogP) is 6.49. The average Bonchev–Trinajstić information content (AvgIpc) is 3.52. The van der Waals surface area contributed by atoms with Crippen LogP contribution in [0.25, 0.3) is 16.8 Å². The first-order valence-corrected chi connectivity index (χ1v) is 17.6. The van der Waals surface area contributed by atoms with Crippen LogP contribution in [0, 0.1) is 12.7 Å². The van der Waals surface area contributed by atoms with Crippen LogP contribution in [0.15, 0.2) is 36.8 Å². The van der Waals surface area contributed by atoms with Gasteiger partial charge in [-0.1, -0.05) is 37.6 Å². The van der Waals surface area contributed by atoms with Crippen molar-refractivity contribution in [2.45, 2.75) is 70.6 Å². The number of hydrogen-bond acceptors (Lipinski definition) is 7. The van der Waals surface area contributed by atoms with Gasteiger partial charge in [0.1, 0.15) is 28.9 Å². The topological polar surface area (TPSA) is 120 Å². The lowest BCUT2D eigenvalue weighted by atomic mass is 10.0. The number of fused-ring (bicyclic) bond motifs is 1. The van der Waals surface area contributed by atoms with E-state index in [0.29, 0.717) is 38.9 Å². The highest BCUT2D eigenvalue weighted by molar-refractivity contribution is 6.74. The van der Waals surface area contributed by atoms with Gasteiger partial charge >= 0.3 is 6.09 Å². The number of amides is 1. The smallest absolute Gasteiger partial charge is 0.407 e. The van der Waals surface area contributed by atoms with Crippen LogP contribution in [0.3, 0.4) is 0 Å². The highest BCUT2D eigenvalue weighted by Crippen LogP contribution is 2.39. The van der Waals surface area contributed by atoms with Crippen molar-refractivity contribution < 1.29 is 27.8 Å². The van der Waals surface area contributed by atoms with Gasteiger partial charge in [-0.2, -0.15) is 5.10 Å². The lowest BCUT2D eigenvalue weighted by Crippen LogP contribution is -2.45. The van der Waals surface area contributed by atoms with Gasteiger partial charge in [0.2, 0.25) is 0 Å². The molecule has 1 aliphatic heterocycles. The Bertz CT molecular complexity index is 1660. The molecule has 44 heavy (non-hydrogen) atoms. The van der Waals surface area contributed by atoms with Gasteiger partial charge in [-0.15, -0.1) is 5.10 Å². The Morgan fingerprint density at radius 3 is 2.66 bits per heavy atom. The summed E-state index contributed by atoms with van der Waals surface area (Å²) in [6.07, 6.45) is 1.33. The first kappa shape index (κ1) is 31.8. The average molecular weight is 648 g/mol. The number of aromatic nitrogens is 6. The van der Waals surface area contributed by atoms with Crippen LogP contribution in [0.2, 0.25) is 23.2 Å². The molecule has 0 spiro atoms. The molecule has 4 aromatic rings. The SMILES string of the molecule is Cc1c(-c2cc(OC(CO[Si](C)(C)C(C)(C)C)c3ccc(F)cn3)c3c(Cl)cnn3c2)nnn1[C@@H]1CCN(C(=O)O)C[C@H]1F. The van der Waals surface area contributed by atoms with Crippen molar-refractivity contribution in [3.63, 3.8) is 0 Å². The molecule has 1 saturated heterocycles. The van der Waals surface area contributed by atoms with Crippen molar-refractivity contribution in [2.75, 3.05) is 19.7 Å². The lowest BCUT2D eigenvalue weighted by Gasteiger charge is -2.37. The summed E-state index contributed by atoms with van der Waals surface area (Å²) in [4.78, 5) is 16.7. The second-order valence-corrected chi connectivity index (χ2v) is 17.7. The van der Waals surface area contributed by atoms with E-state index < -0.39 is 38.5 Å². The van der Waals surface area contributed by atoms with Crippen molar-refractivity contribution in [1.82, 2.24) is 34.5 Å². The molecule has 0 aliphatic carbocycles. The normalized spacial score (nSPS) is 18.5. The highest BCUT2D eigenvalue weighted by Gasteiger charge is 2.38. The molecule has 3 atom stereocenters. The van der Waals surface area contributed by atoms with E-state index in [-0.39, 0.29) is 31.2 Å². The van der Waals surface area contributed by atoms with Crippen LogP contribution in [-0.2, 0) is 4.43 Å². The summed E-state index contributed by atoms with van der Waals surface area (Å²) in [6, 6.07) is 3.98. The fraction of sp³-hybridized carbons (Fsp3) is 0.483. The van der Waals surface area contributed by atoms with Gasteiger partial charge in [-0.3, -0.25) is 4.98 Å². The van der Waals surface area contributed by atoms with Gasteiger partial charge in [0, 0.05) is 18.3 Å². The van der Waals surface area contributed by atoms with E-state index in [0.717, 1.165) is 11.1 Å². The van der Waals surface area contributed by atoms with Gasteiger partial charge in [-0.25, -0.2) is 22.8 Å². The van der Waals surface area contributed by atoms with Gasteiger partial charge in [0.15, 0.2) is 14.4 Å². The molecule has 0 saturated carbocycles. The molecule has 1 amide bonds. The second-order valence-electron chi connectivity index (χ2n) is 12.5. The number of ether oxygens (including phenoxy) is 1. The van der Waals surface area contributed by atoms with Crippen molar-refractivity contribution in [2.24, 2.45) is 0 Å². The van der Waals surface area contributed by atoms with E-state index in [1.807, 2.05) is 0 Å². The Labute approximate surface area is 259 Å². The van der Waals surface area contributed by atoms with Gasteiger partial charge in [-0.05, 0) is 49.7 Å². The quantitative estimate of drug-likeness (QED) is 0.215. The number of pyridine rings is 2. The molecule has 0 bridgehead atoms. The summed E-state index contributed by atoms with van der Waals surface area (Å²) >= 11 is 6.55. The first-order chi connectivity index (χ1) is 20.7. The summed E-state index contributed by atoms with van der Waals surface area (Å²) in [7, 11) is -2.19. The largest absolute Gasteiger partial charge is 0.479 e. The van der Waals surface area contributed by atoms with E-state index in [1.54, 1.807) is 29.8 Å². The number of piperidine rings is 1. The molecule has 5 heterocycles. The van der Waals surface area contributed by atoms with Crippen LogP contribution < -0.4 is 4.74 Å². The fourth-order valence-electron chi connectivity index (χ4n) is 4.94. The van der Waals surface area contributed by atoms with E-state index in [9.17, 15) is 14.3 Å². The van der Waals surface area contributed by atoms with E-state index in [4.69, 9.17) is 20.8 Å². The Balaban J connectivity index is 1.51. The number of likely N-dealkylation sites (tertiary alicyclic amines) is 1. The highest BCUT2D eigenvalue weighted by atomic mass is 35.5. The van der Waals surface area contributed by atoms with Crippen LogP contribution in [0.5, 0.6) is 5.75 Å². The number of rotatable bonds is 8. The van der Waals surface area contributed by atoms with Crippen LogP contribution in [-0.4, -0.2) is 79.9 Å². The lowest BCUT2D eigenvalue weighted by molar-refractivity contribution is 0.0741. The minimum absolute atomic E-state index is 0.0536. The zero-order chi connectivity index (χ0) is 32.0. The molecular formula is C29H36ClF2N7O4Si. The zero-order valence-electron chi connectivity index (χ0n) is 25.5. The summed E-state index contributed by atoms with van der Waals surface area (Å²) in [5.41, 5.74) is 2.65.